The van der Waals surface area contributed by atoms with Crippen molar-refractivity contribution in [1.29, 1.82) is 0 Å². The Labute approximate surface area is 213 Å². The molecule has 13 heteroatoms. The minimum atomic E-state index is -1.16. The fourth-order valence-corrected chi connectivity index (χ4v) is 5.06. The molecule has 1 heterocycles. The summed E-state index contributed by atoms with van der Waals surface area (Å²) in [6.07, 6.45) is -0.235. The molecule has 1 aliphatic carbocycles. The lowest BCUT2D eigenvalue weighted by atomic mass is 9.83. The number of hydrogen-bond donors (Lipinski definition) is 7. The monoisotopic (exact) mass is 517 g/mol. The average Bonchev–Trinajstić information content (AvgIpc) is 2.85. The second-order valence-electron chi connectivity index (χ2n) is 9.79. The third kappa shape index (κ3) is 8.30. The van der Waals surface area contributed by atoms with Crippen molar-refractivity contribution >= 4 is 11.8 Å². The SMILES string of the molecule is CNC[C@@H]1CC[C@@H](NC(=O)C[C@@H](N)CCCN)[C@@H](O[C@H]2[C@H](O)[C@H](N(C)C(=O)CN)[C@@H](OC)C[C@H]2N)O1. The van der Waals surface area contributed by atoms with Crippen molar-refractivity contribution in [2.24, 2.45) is 22.9 Å². The topological polar surface area (TPSA) is 213 Å². The fraction of sp³-hybridized carbons (Fsp3) is 0.913. The number of nitrogens with zero attached hydrogens (tertiary/aromatic N) is 1. The highest BCUT2D eigenvalue weighted by Gasteiger charge is 2.48. The molecule has 1 aliphatic heterocycles. The van der Waals surface area contributed by atoms with Crippen LogP contribution in [0.4, 0.5) is 0 Å². The van der Waals surface area contributed by atoms with E-state index in [0.717, 1.165) is 6.42 Å². The quantitative estimate of drug-likeness (QED) is 0.130. The Morgan fingerprint density at radius 2 is 2.00 bits per heavy atom. The molecule has 0 aromatic rings. The number of carbonyl (C=O) groups is 2. The van der Waals surface area contributed by atoms with Gasteiger partial charge in [0.05, 0.1) is 30.8 Å². The minimum absolute atomic E-state index is 0.138. The standard InChI is InChI=1S/C23H47N7O6/c1-28-12-14-6-7-16(29-18(31)9-13(26)5-4-8-24)23(35-14)36-22-15(27)10-17(34-3)20(21(22)33)30(2)19(32)11-25/h13-17,20-23,28,33H,4-12,24-27H2,1-3H3,(H,29,31)/t13-,14-,15+,16+,17-,20+,21+,22+,23+/m0/s1. The van der Waals surface area contributed by atoms with Crippen LogP contribution in [0.5, 0.6) is 0 Å². The van der Waals surface area contributed by atoms with E-state index in [4.69, 9.17) is 37.1 Å². The highest BCUT2D eigenvalue weighted by atomic mass is 16.7. The molecule has 9 atom stereocenters. The van der Waals surface area contributed by atoms with Gasteiger partial charge in [-0.15, -0.1) is 0 Å². The molecule has 2 amide bonds. The van der Waals surface area contributed by atoms with Gasteiger partial charge in [-0.2, -0.15) is 0 Å². The van der Waals surface area contributed by atoms with Crippen molar-refractivity contribution in [3.8, 4) is 0 Å². The van der Waals surface area contributed by atoms with Gasteiger partial charge in [-0.3, -0.25) is 9.59 Å². The first kappa shape index (κ1) is 30.8. The molecule has 0 spiro atoms. The lowest BCUT2D eigenvalue weighted by Gasteiger charge is -2.48. The first-order valence-corrected chi connectivity index (χ1v) is 12.8. The van der Waals surface area contributed by atoms with Crippen molar-refractivity contribution in [2.75, 3.05) is 40.8 Å². The summed E-state index contributed by atoms with van der Waals surface area (Å²) in [5, 5.41) is 17.4. The van der Waals surface area contributed by atoms with E-state index in [-0.39, 0.29) is 36.9 Å². The number of methoxy groups -OCH3 is 1. The number of ether oxygens (including phenoxy) is 3. The summed E-state index contributed by atoms with van der Waals surface area (Å²) in [5.41, 5.74) is 23.5. The molecule has 210 valence electrons. The van der Waals surface area contributed by atoms with Crippen LogP contribution in [0.15, 0.2) is 0 Å². The van der Waals surface area contributed by atoms with Crippen LogP contribution in [0.3, 0.4) is 0 Å². The van der Waals surface area contributed by atoms with Crippen LogP contribution in [0, 0.1) is 0 Å². The Kier molecular flexibility index (Phi) is 12.9. The van der Waals surface area contributed by atoms with Gasteiger partial charge in [-0.05, 0) is 45.7 Å². The number of rotatable bonds is 13. The van der Waals surface area contributed by atoms with E-state index in [1.54, 1.807) is 7.05 Å². The van der Waals surface area contributed by atoms with E-state index in [0.29, 0.717) is 38.8 Å². The summed E-state index contributed by atoms with van der Waals surface area (Å²) >= 11 is 0. The van der Waals surface area contributed by atoms with Gasteiger partial charge >= 0.3 is 0 Å². The van der Waals surface area contributed by atoms with E-state index >= 15 is 0 Å². The lowest BCUT2D eigenvalue weighted by molar-refractivity contribution is -0.257. The van der Waals surface area contributed by atoms with Gasteiger partial charge < -0.3 is 57.8 Å². The fourth-order valence-electron chi connectivity index (χ4n) is 5.06. The molecule has 13 nitrogen and oxygen atoms in total. The number of amides is 2. The van der Waals surface area contributed by atoms with Crippen LogP contribution in [-0.4, -0.2) is 118 Å². The predicted molar refractivity (Wildman–Crippen MR) is 135 cm³/mol. The van der Waals surface area contributed by atoms with Gasteiger partial charge in [0.15, 0.2) is 6.29 Å². The Morgan fingerprint density at radius 3 is 2.61 bits per heavy atom. The summed E-state index contributed by atoms with van der Waals surface area (Å²) in [7, 11) is 4.91. The van der Waals surface area contributed by atoms with E-state index < -0.39 is 42.7 Å². The molecule has 0 aromatic heterocycles. The molecular weight excluding hydrogens is 470 g/mol. The van der Waals surface area contributed by atoms with Crippen LogP contribution >= 0.6 is 0 Å². The van der Waals surface area contributed by atoms with Crippen molar-refractivity contribution in [2.45, 2.75) is 93.4 Å². The van der Waals surface area contributed by atoms with Gasteiger partial charge in [0.1, 0.15) is 12.2 Å². The van der Waals surface area contributed by atoms with Crippen LogP contribution in [0.25, 0.3) is 0 Å². The second-order valence-corrected chi connectivity index (χ2v) is 9.79. The summed E-state index contributed by atoms with van der Waals surface area (Å²) in [6, 6.07) is -2.03. The molecule has 0 aromatic carbocycles. The van der Waals surface area contributed by atoms with Crippen molar-refractivity contribution in [1.82, 2.24) is 15.5 Å². The number of likely N-dealkylation sites (N-methyl/N-ethyl adjacent to an activating group) is 2. The highest BCUT2D eigenvalue weighted by molar-refractivity contribution is 5.78. The van der Waals surface area contributed by atoms with Gasteiger partial charge in [0, 0.05) is 39.2 Å². The van der Waals surface area contributed by atoms with E-state index in [1.165, 1.54) is 12.0 Å². The maximum Gasteiger partial charge on any atom is 0.236 e. The number of hydrogen-bond acceptors (Lipinski definition) is 11. The Morgan fingerprint density at radius 1 is 1.28 bits per heavy atom. The predicted octanol–water partition coefficient (Wildman–Crippen LogP) is -3.07. The average molecular weight is 518 g/mol. The third-order valence-electron chi connectivity index (χ3n) is 7.06. The molecule has 2 aliphatic rings. The molecule has 2 rings (SSSR count). The molecule has 2 fully saturated rings. The third-order valence-corrected chi connectivity index (χ3v) is 7.06. The van der Waals surface area contributed by atoms with E-state index in [2.05, 4.69) is 10.6 Å². The molecule has 36 heavy (non-hydrogen) atoms. The van der Waals surface area contributed by atoms with Gasteiger partial charge in [-0.1, -0.05) is 0 Å². The van der Waals surface area contributed by atoms with Gasteiger partial charge in [0.2, 0.25) is 11.8 Å². The van der Waals surface area contributed by atoms with Crippen LogP contribution in [-0.2, 0) is 23.8 Å². The number of nitrogens with two attached hydrogens (primary N) is 4. The van der Waals surface area contributed by atoms with Crippen LogP contribution < -0.4 is 33.6 Å². The maximum atomic E-state index is 12.7. The zero-order valence-corrected chi connectivity index (χ0v) is 21.8. The number of aliphatic hydroxyl groups is 1. The smallest absolute Gasteiger partial charge is 0.236 e. The molecule has 11 N–H and O–H groups in total. The number of nitrogens with one attached hydrogen (secondary N) is 2. The van der Waals surface area contributed by atoms with Crippen LogP contribution in [0.1, 0.15) is 38.5 Å². The summed E-state index contributed by atoms with van der Waals surface area (Å²) < 4.78 is 18.0. The summed E-state index contributed by atoms with van der Waals surface area (Å²) in [6.45, 7) is 0.925. The zero-order valence-electron chi connectivity index (χ0n) is 21.8. The lowest BCUT2D eigenvalue weighted by Crippen LogP contribution is -2.67. The normalized spacial score (nSPS) is 33.7. The molecule has 1 saturated carbocycles. The molecular formula is C23H47N7O6. The summed E-state index contributed by atoms with van der Waals surface area (Å²) in [4.78, 5) is 26.4. The minimum Gasteiger partial charge on any atom is -0.388 e. The van der Waals surface area contributed by atoms with Gasteiger partial charge in [0.25, 0.3) is 0 Å². The first-order chi connectivity index (χ1) is 17.2. The molecule has 0 unspecified atom stereocenters. The first-order valence-electron chi connectivity index (χ1n) is 12.8. The van der Waals surface area contributed by atoms with E-state index in [9.17, 15) is 14.7 Å². The van der Waals surface area contributed by atoms with Crippen molar-refractivity contribution < 1.29 is 28.9 Å². The second kappa shape index (κ2) is 15.1. The maximum absolute atomic E-state index is 12.7. The Hall–Kier alpha value is -1.42. The van der Waals surface area contributed by atoms with Gasteiger partial charge in [-0.25, -0.2) is 0 Å². The number of carbonyl (C=O) groups excluding carboxylic acids is 2. The Balaban J connectivity index is 2.16. The highest BCUT2D eigenvalue weighted by Crippen LogP contribution is 2.30. The zero-order chi connectivity index (χ0) is 26.8. The van der Waals surface area contributed by atoms with Crippen molar-refractivity contribution in [3.05, 3.63) is 0 Å². The largest absolute Gasteiger partial charge is 0.388 e. The van der Waals surface area contributed by atoms with E-state index in [1.807, 2.05) is 7.05 Å². The van der Waals surface area contributed by atoms with Crippen molar-refractivity contribution in [3.63, 3.8) is 0 Å². The van der Waals surface area contributed by atoms with Crippen LogP contribution in [0.2, 0.25) is 0 Å². The molecule has 0 bridgehead atoms. The number of aliphatic hydroxyl groups excluding tert-OH is 1. The molecule has 1 saturated heterocycles. The Bertz CT molecular complexity index is 689. The molecule has 0 radical (unpaired) electrons. The summed E-state index contributed by atoms with van der Waals surface area (Å²) in [5.74, 6) is -0.540.